The molecule has 0 heterocycles. The molecule has 0 bridgehead atoms. The van der Waals surface area contributed by atoms with E-state index in [4.69, 9.17) is 4.74 Å². The van der Waals surface area contributed by atoms with Gasteiger partial charge in [0.05, 0.1) is 0 Å². The highest BCUT2D eigenvalue weighted by Gasteiger charge is 2.34. The van der Waals surface area contributed by atoms with Crippen LogP contribution in [-0.4, -0.2) is 5.60 Å². The van der Waals surface area contributed by atoms with Crippen molar-refractivity contribution in [3.63, 3.8) is 0 Å². The van der Waals surface area contributed by atoms with Crippen LogP contribution >= 0.6 is 0 Å². The van der Waals surface area contributed by atoms with Crippen molar-refractivity contribution in [1.82, 2.24) is 0 Å². The molecule has 1 aliphatic rings. The predicted octanol–water partition coefficient (Wildman–Crippen LogP) is 5.94. The van der Waals surface area contributed by atoms with Gasteiger partial charge >= 0.3 is 0 Å². The predicted molar refractivity (Wildman–Crippen MR) is 86.4 cm³/mol. The third kappa shape index (κ3) is 3.77. The SMILES string of the molecule is CCC1(Oc2ccc(C(C)CC(C)C)cc2)CCCC1. The minimum Gasteiger partial charge on any atom is -0.487 e. The van der Waals surface area contributed by atoms with Gasteiger partial charge in [-0.25, -0.2) is 0 Å². The summed E-state index contributed by atoms with van der Waals surface area (Å²) in [6, 6.07) is 8.84. The molecule has 1 fully saturated rings. The Hall–Kier alpha value is -0.980. The maximum absolute atomic E-state index is 6.33. The Bertz CT molecular complexity index is 398. The fourth-order valence-electron chi connectivity index (χ4n) is 3.50. The van der Waals surface area contributed by atoms with Crippen molar-refractivity contribution in [2.24, 2.45) is 5.92 Å². The molecule has 0 radical (unpaired) electrons. The summed E-state index contributed by atoms with van der Waals surface area (Å²) >= 11 is 0. The Morgan fingerprint density at radius 3 is 2.15 bits per heavy atom. The number of ether oxygens (including phenoxy) is 1. The largest absolute Gasteiger partial charge is 0.487 e. The highest BCUT2D eigenvalue weighted by molar-refractivity contribution is 5.30. The average molecular weight is 274 g/mol. The van der Waals surface area contributed by atoms with Gasteiger partial charge in [-0.2, -0.15) is 0 Å². The highest BCUT2D eigenvalue weighted by atomic mass is 16.5. The van der Waals surface area contributed by atoms with E-state index in [0.717, 1.165) is 18.1 Å². The molecule has 1 atom stereocenters. The molecule has 2 rings (SSSR count). The van der Waals surface area contributed by atoms with Gasteiger partial charge in [0.25, 0.3) is 0 Å². The Kier molecular flexibility index (Phi) is 5.12. The van der Waals surface area contributed by atoms with E-state index < -0.39 is 0 Å². The molecule has 1 nitrogen and oxygen atoms in total. The summed E-state index contributed by atoms with van der Waals surface area (Å²) in [7, 11) is 0. The number of hydrogen-bond acceptors (Lipinski definition) is 1. The molecular formula is C19H30O. The molecule has 1 aromatic rings. The summed E-state index contributed by atoms with van der Waals surface area (Å²) in [5.41, 5.74) is 1.55. The van der Waals surface area contributed by atoms with Crippen molar-refractivity contribution in [3.8, 4) is 5.75 Å². The molecule has 1 saturated carbocycles. The number of rotatable bonds is 6. The molecular weight excluding hydrogens is 244 g/mol. The van der Waals surface area contributed by atoms with Gasteiger partial charge in [-0.1, -0.05) is 39.8 Å². The molecule has 0 aliphatic heterocycles. The van der Waals surface area contributed by atoms with E-state index in [-0.39, 0.29) is 5.60 Å². The van der Waals surface area contributed by atoms with Crippen LogP contribution in [0.3, 0.4) is 0 Å². The molecule has 1 heteroatoms. The maximum Gasteiger partial charge on any atom is 0.120 e. The van der Waals surface area contributed by atoms with E-state index >= 15 is 0 Å². The van der Waals surface area contributed by atoms with Crippen molar-refractivity contribution < 1.29 is 4.74 Å². The molecule has 112 valence electrons. The Balaban J connectivity index is 2.01. The second-order valence-corrected chi connectivity index (χ2v) is 6.95. The van der Waals surface area contributed by atoms with Crippen LogP contribution in [0.15, 0.2) is 24.3 Å². The Morgan fingerprint density at radius 1 is 1.05 bits per heavy atom. The molecule has 20 heavy (non-hydrogen) atoms. The summed E-state index contributed by atoms with van der Waals surface area (Å²) in [5.74, 6) is 2.44. The first-order valence-corrected chi connectivity index (χ1v) is 8.33. The van der Waals surface area contributed by atoms with Gasteiger partial charge in [-0.15, -0.1) is 0 Å². The number of benzene rings is 1. The van der Waals surface area contributed by atoms with Gasteiger partial charge in [0.15, 0.2) is 0 Å². The fraction of sp³-hybridized carbons (Fsp3) is 0.684. The van der Waals surface area contributed by atoms with Crippen molar-refractivity contribution in [3.05, 3.63) is 29.8 Å². The van der Waals surface area contributed by atoms with Crippen LogP contribution in [0.4, 0.5) is 0 Å². The van der Waals surface area contributed by atoms with Crippen LogP contribution in [0.5, 0.6) is 5.75 Å². The second kappa shape index (κ2) is 6.65. The summed E-state index contributed by atoms with van der Waals surface area (Å²) < 4.78 is 6.33. The standard InChI is InChI=1S/C19H30O/c1-5-19(12-6-7-13-19)20-18-10-8-17(9-11-18)16(4)14-15(2)3/h8-11,15-16H,5-7,12-14H2,1-4H3. The first-order chi connectivity index (χ1) is 9.54. The molecule has 0 saturated heterocycles. The first-order valence-electron chi connectivity index (χ1n) is 8.33. The lowest BCUT2D eigenvalue weighted by molar-refractivity contribution is 0.0720. The van der Waals surface area contributed by atoms with E-state index in [0.29, 0.717) is 5.92 Å². The van der Waals surface area contributed by atoms with Crippen molar-refractivity contribution in [1.29, 1.82) is 0 Å². The van der Waals surface area contributed by atoms with E-state index in [9.17, 15) is 0 Å². The van der Waals surface area contributed by atoms with Gasteiger partial charge in [0, 0.05) is 0 Å². The van der Waals surface area contributed by atoms with Crippen molar-refractivity contribution in [2.45, 2.75) is 77.7 Å². The van der Waals surface area contributed by atoms with E-state index in [1.54, 1.807) is 0 Å². The zero-order valence-corrected chi connectivity index (χ0v) is 13.6. The highest BCUT2D eigenvalue weighted by Crippen LogP contribution is 2.37. The summed E-state index contributed by atoms with van der Waals surface area (Å²) in [6.45, 7) is 9.16. The van der Waals surface area contributed by atoms with Gasteiger partial charge < -0.3 is 4.74 Å². The number of hydrogen-bond donors (Lipinski definition) is 0. The molecule has 1 aliphatic carbocycles. The maximum atomic E-state index is 6.33. The smallest absolute Gasteiger partial charge is 0.120 e. The average Bonchev–Trinajstić information content (AvgIpc) is 2.88. The second-order valence-electron chi connectivity index (χ2n) is 6.95. The third-order valence-corrected chi connectivity index (χ3v) is 4.77. The molecule has 1 aromatic carbocycles. The summed E-state index contributed by atoms with van der Waals surface area (Å²) in [4.78, 5) is 0. The molecule has 0 aromatic heterocycles. The van der Waals surface area contributed by atoms with Crippen LogP contribution in [0.1, 0.15) is 77.7 Å². The topological polar surface area (TPSA) is 9.23 Å². The normalized spacial score (nSPS) is 19.2. The van der Waals surface area contributed by atoms with Gasteiger partial charge in [0.2, 0.25) is 0 Å². The third-order valence-electron chi connectivity index (χ3n) is 4.77. The summed E-state index contributed by atoms with van der Waals surface area (Å²) in [5, 5.41) is 0. The monoisotopic (exact) mass is 274 g/mol. The molecule has 0 spiro atoms. The molecule has 1 unspecified atom stereocenters. The van der Waals surface area contributed by atoms with Crippen LogP contribution < -0.4 is 4.74 Å². The minimum absolute atomic E-state index is 0.116. The van der Waals surface area contributed by atoms with Crippen LogP contribution in [-0.2, 0) is 0 Å². The Morgan fingerprint density at radius 2 is 1.65 bits per heavy atom. The Labute approximate surface area is 124 Å². The lowest BCUT2D eigenvalue weighted by atomic mass is 9.92. The van der Waals surface area contributed by atoms with E-state index in [1.165, 1.54) is 37.7 Å². The van der Waals surface area contributed by atoms with Gasteiger partial charge in [0.1, 0.15) is 11.4 Å². The lowest BCUT2D eigenvalue weighted by Crippen LogP contribution is -2.31. The molecule has 0 N–H and O–H groups in total. The fourth-order valence-corrected chi connectivity index (χ4v) is 3.50. The van der Waals surface area contributed by atoms with E-state index in [2.05, 4.69) is 52.0 Å². The van der Waals surface area contributed by atoms with Crippen LogP contribution in [0.2, 0.25) is 0 Å². The van der Waals surface area contributed by atoms with Crippen LogP contribution in [0, 0.1) is 5.92 Å². The minimum atomic E-state index is 0.116. The van der Waals surface area contributed by atoms with Gasteiger partial charge in [-0.05, 0) is 68.1 Å². The first kappa shape index (κ1) is 15.4. The lowest BCUT2D eigenvalue weighted by Gasteiger charge is -2.29. The van der Waals surface area contributed by atoms with Crippen molar-refractivity contribution >= 4 is 0 Å². The van der Waals surface area contributed by atoms with Crippen molar-refractivity contribution in [2.75, 3.05) is 0 Å². The molecule has 0 amide bonds. The zero-order valence-electron chi connectivity index (χ0n) is 13.6. The van der Waals surface area contributed by atoms with Gasteiger partial charge in [-0.3, -0.25) is 0 Å². The van der Waals surface area contributed by atoms with E-state index in [1.807, 2.05) is 0 Å². The van der Waals surface area contributed by atoms with Crippen LogP contribution in [0.25, 0.3) is 0 Å². The summed E-state index contributed by atoms with van der Waals surface area (Å²) in [6.07, 6.45) is 7.44. The zero-order chi connectivity index (χ0) is 14.6. The quantitative estimate of drug-likeness (QED) is 0.624.